The Morgan fingerprint density at radius 3 is 2.67 bits per heavy atom. The second-order valence-electron chi connectivity index (χ2n) is 3.25. The zero-order chi connectivity index (χ0) is 10.7. The van der Waals surface area contributed by atoms with E-state index in [-0.39, 0.29) is 0 Å². The average molecular weight is 206 g/mol. The molecule has 0 unspecified atom stereocenters. The summed E-state index contributed by atoms with van der Waals surface area (Å²) in [5, 5.41) is 3.13. The van der Waals surface area contributed by atoms with Crippen molar-refractivity contribution >= 4 is 11.4 Å². The maximum Gasteiger partial charge on any atom is 0.163 e. The van der Waals surface area contributed by atoms with Crippen LogP contribution in [0.1, 0.15) is 0 Å². The Morgan fingerprint density at radius 2 is 2.00 bits per heavy atom. The molecular weight excluding hydrogens is 192 g/mol. The lowest BCUT2D eigenvalue weighted by atomic mass is 10.2. The third kappa shape index (κ3) is 1.98. The maximum atomic E-state index is 5.85. The van der Waals surface area contributed by atoms with Gasteiger partial charge >= 0.3 is 0 Å². The van der Waals surface area contributed by atoms with E-state index in [1.807, 2.05) is 6.07 Å². The van der Waals surface area contributed by atoms with Crippen LogP contribution in [0.25, 0.3) is 0 Å². The van der Waals surface area contributed by atoms with Crippen LogP contribution in [-0.4, -0.2) is 19.8 Å². The number of ether oxygens (including phenoxy) is 2. The molecule has 0 radical (unpaired) electrons. The second kappa shape index (κ2) is 4.13. The van der Waals surface area contributed by atoms with E-state index in [0.717, 1.165) is 11.4 Å². The number of benzene rings is 1. The first kappa shape index (κ1) is 9.71. The molecule has 0 saturated heterocycles. The van der Waals surface area contributed by atoms with E-state index in [2.05, 4.69) is 11.9 Å². The Hall–Kier alpha value is -1.84. The van der Waals surface area contributed by atoms with Gasteiger partial charge in [0.1, 0.15) is 13.2 Å². The van der Waals surface area contributed by atoms with E-state index in [0.29, 0.717) is 31.2 Å². The van der Waals surface area contributed by atoms with Crippen LogP contribution in [0, 0.1) is 0 Å². The van der Waals surface area contributed by atoms with Gasteiger partial charge in [-0.25, -0.2) is 0 Å². The van der Waals surface area contributed by atoms with Gasteiger partial charge in [0, 0.05) is 18.7 Å². The molecule has 1 aliphatic heterocycles. The number of nitrogens with two attached hydrogens (primary N) is 1. The van der Waals surface area contributed by atoms with E-state index in [9.17, 15) is 0 Å². The maximum absolute atomic E-state index is 5.85. The van der Waals surface area contributed by atoms with Crippen LogP contribution in [0.3, 0.4) is 0 Å². The van der Waals surface area contributed by atoms with Crippen molar-refractivity contribution in [1.29, 1.82) is 0 Å². The summed E-state index contributed by atoms with van der Waals surface area (Å²) in [7, 11) is 0. The van der Waals surface area contributed by atoms with Gasteiger partial charge in [0.2, 0.25) is 0 Å². The quantitative estimate of drug-likeness (QED) is 0.583. The van der Waals surface area contributed by atoms with Crippen molar-refractivity contribution in [1.82, 2.24) is 0 Å². The van der Waals surface area contributed by atoms with E-state index < -0.39 is 0 Å². The molecule has 0 aliphatic carbocycles. The fourth-order valence-corrected chi connectivity index (χ4v) is 1.44. The summed E-state index contributed by atoms with van der Waals surface area (Å²) in [5.74, 6) is 1.45. The summed E-state index contributed by atoms with van der Waals surface area (Å²) in [6.45, 7) is 5.46. The third-order valence-electron chi connectivity index (χ3n) is 2.15. The van der Waals surface area contributed by atoms with Gasteiger partial charge in [-0.3, -0.25) is 0 Å². The smallest absolute Gasteiger partial charge is 0.163 e. The van der Waals surface area contributed by atoms with Crippen LogP contribution in [0.4, 0.5) is 11.4 Å². The second-order valence-corrected chi connectivity index (χ2v) is 3.25. The summed E-state index contributed by atoms with van der Waals surface area (Å²) in [5.41, 5.74) is 7.35. The Kier molecular flexibility index (Phi) is 2.67. The number of rotatable bonds is 3. The number of anilines is 2. The minimum atomic E-state index is 0.575. The van der Waals surface area contributed by atoms with Crippen molar-refractivity contribution in [3.05, 3.63) is 24.8 Å². The van der Waals surface area contributed by atoms with Crippen molar-refractivity contribution in [2.75, 3.05) is 30.8 Å². The highest BCUT2D eigenvalue weighted by molar-refractivity contribution is 5.72. The summed E-state index contributed by atoms with van der Waals surface area (Å²) >= 11 is 0. The van der Waals surface area contributed by atoms with Crippen molar-refractivity contribution in [3.63, 3.8) is 0 Å². The van der Waals surface area contributed by atoms with Crippen molar-refractivity contribution in [3.8, 4) is 11.5 Å². The van der Waals surface area contributed by atoms with Gasteiger partial charge in [0.25, 0.3) is 0 Å². The van der Waals surface area contributed by atoms with Gasteiger partial charge in [-0.05, 0) is 0 Å². The van der Waals surface area contributed by atoms with Crippen LogP contribution < -0.4 is 20.5 Å². The highest BCUT2D eigenvalue weighted by Crippen LogP contribution is 2.36. The van der Waals surface area contributed by atoms with Gasteiger partial charge in [0.15, 0.2) is 11.5 Å². The Morgan fingerprint density at radius 1 is 1.33 bits per heavy atom. The molecular formula is C11H14N2O2. The summed E-state index contributed by atoms with van der Waals surface area (Å²) in [6, 6.07) is 3.63. The minimum Gasteiger partial charge on any atom is -0.486 e. The van der Waals surface area contributed by atoms with Gasteiger partial charge in [-0.15, -0.1) is 6.58 Å². The number of nitrogens with one attached hydrogen (secondary N) is 1. The van der Waals surface area contributed by atoms with E-state index >= 15 is 0 Å². The minimum absolute atomic E-state index is 0.575. The molecule has 0 bridgehead atoms. The average Bonchev–Trinajstić information content (AvgIpc) is 2.26. The molecule has 3 N–H and O–H groups in total. The molecule has 1 aliphatic rings. The highest BCUT2D eigenvalue weighted by atomic mass is 16.6. The fourth-order valence-electron chi connectivity index (χ4n) is 1.44. The van der Waals surface area contributed by atoms with Gasteiger partial charge in [-0.1, -0.05) is 6.08 Å². The molecule has 0 fully saturated rings. The first-order valence-electron chi connectivity index (χ1n) is 4.85. The molecule has 4 nitrogen and oxygen atoms in total. The van der Waals surface area contributed by atoms with Crippen LogP contribution in [-0.2, 0) is 0 Å². The first-order chi connectivity index (χ1) is 7.31. The first-order valence-corrected chi connectivity index (χ1v) is 4.85. The van der Waals surface area contributed by atoms with Gasteiger partial charge in [0.05, 0.1) is 11.4 Å². The normalized spacial score (nSPS) is 13.3. The van der Waals surface area contributed by atoms with Gasteiger partial charge < -0.3 is 20.5 Å². The Balaban J connectivity index is 2.27. The SMILES string of the molecule is C=CCNc1cc2c(cc1N)OCCO2. The zero-order valence-corrected chi connectivity index (χ0v) is 8.45. The Bertz CT molecular complexity index is 377. The fraction of sp³-hybridized carbons (Fsp3) is 0.273. The van der Waals surface area contributed by atoms with Crippen LogP contribution in [0.5, 0.6) is 11.5 Å². The predicted octanol–water partition coefficient (Wildman–Crippen LogP) is 1.64. The van der Waals surface area contributed by atoms with E-state index in [1.54, 1.807) is 12.1 Å². The third-order valence-corrected chi connectivity index (χ3v) is 2.15. The van der Waals surface area contributed by atoms with Crippen molar-refractivity contribution in [2.45, 2.75) is 0 Å². The summed E-state index contributed by atoms with van der Waals surface area (Å²) in [6.07, 6.45) is 1.77. The summed E-state index contributed by atoms with van der Waals surface area (Å²) in [4.78, 5) is 0. The molecule has 1 heterocycles. The molecule has 4 heteroatoms. The molecule has 2 rings (SSSR count). The molecule has 1 aromatic rings. The molecule has 0 saturated carbocycles. The zero-order valence-electron chi connectivity index (χ0n) is 8.45. The number of hydrogen-bond donors (Lipinski definition) is 2. The number of fused-ring (bicyclic) bond motifs is 1. The molecule has 0 aromatic heterocycles. The molecule has 0 amide bonds. The molecule has 0 atom stereocenters. The standard InChI is InChI=1S/C11H14N2O2/c1-2-3-13-9-7-11-10(6-8(9)12)14-4-5-15-11/h2,6-7,13H,1,3-5,12H2. The lowest BCUT2D eigenvalue weighted by Crippen LogP contribution is -2.16. The lowest BCUT2D eigenvalue weighted by Gasteiger charge is -2.20. The van der Waals surface area contributed by atoms with E-state index in [1.165, 1.54) is 0 Å². The predicted molar refractivity (Wildman–Crippen MR) is 60.5 cm³/mol. The van der Waals surface area contributed by atoms with Crippen molar-refractivity contribution < 1.29 is 9.47 Å². The van der Waals surface area contributed by atoms with Crippen LogP contribution in [0.15, 0.2) is 24.8 Å². The Labute approximate surface area is 88.7 Å². The van der Waals surface area contributed by atoms with E-state index in [4.69, 9.17) is 15.2 Å². The monoisotopic (exact) mass is 206 g/mol. The summed E-state index contributed by atoms with van der Waals surface area (Å²) < 4.78 is 10.9. The van der Waals surface area contributed by atoms with Crippen LogP contribution in [0.2, 0.25) is 0 Å². The van der Waals surface area contributed by atoms with Crippen LogP contribution >= 0.6 is 0 Å². The highest BCUT2D eigenvalue weighted by Gasteiger charge is 2.13. The largest absolute Gasteiger partial charge is 0.486 e. The lowest BCUT2D eigenvalue weighted by molar-refractivity contribution is 0.172. The topological polar surface area (TPSA) is 56.5 Å². The molecule has 0 spiro atoms. The van der Waals surface area contributed by atoms with Gasteiger partial charge in [-0.2, -0.15) is 0 Å². The number of nitrogen functional groups attached to an aromatic ring is 1. The number of hydrogen-bond acceptors (Lipinski definition) is 4. The molecule has 80 valence electrons. The molecule has 1 aromatic carbocycles. The molecule has 15 heavy (non-hydrogen) atoms. The van der Waals surface area contributed by atoms with Crippen molar-refractivity contribution in [2.24, 2.45) is 0 Å².